The molecule has 0 saturated carbocycles. The van der Waals surface area contributed by atoms with Gasteiger partial charge in [0, 0.05) is 0 Å². The minimum Gasteiger partial charge on any atom is -0.430 e. The molecule has 7 heteroatoms. The maximum atomic E-state index is 10.2. The van der Waals surface area contributed by atoms with Crippen molar-refractivity contribution in [2.75, 3.05) is 0 Å². The second-order valence-corrected chi connectivity index (χ2v) is 18.6. The Kier molecular flexibility index (Phi) is 6.24. The second-order valence-electron chi connectivity index (χ2n) is 7.06. The zero-order valence-corrected chi connectivity index (χ0v) is 17.0. The van der Waals surface area contributed by atoms with Gasteiger partial charge in [0.05, 0.1) is 11.0 Å². The van der Waals surface area contributed by atoms with Crippen molar-refractivity contribution in [3.8, 4) is 0 Å². The van der Waals surface area contributed by atoms with Gasteiger partial charge in [-0.1, -0.05) is 6.92 Å². The molecule has 0 aliphatic carbocycles. The van der Waals surface area contributed by atoms with Gasteiger partial charge in [-0.05, 0) is 59.6 Å². The van der Waals surface area contributed by atoms with Gasteiger partial charge in [-0.15, -0.1) is 0 Å². The van der Waals surface area contributed by atoms with Crippen LogP contribution in [0, 0.1) is 0 Å². The van der Waals surface area contributed by atoms with E-state index in [9.17, 15) is 9.59 Å². The summed E-state index contributed by atoms with van der Waals surface area (Å²) < 4.78 is 12.3. The molecule has 19 heavy (non-hydrogen) atoms. The van der Waals surface area contributed by atoms with Crippen molar-refractivity contribution in [2.24, 2.45) is 0 Å². The largest absolute Gasteiger partial charge is 0.430 e. The van der Waals surface area contributed by atoms with Gasteiger partial charge in [0.15, 0.2) is 0 Å². The Morgan fingerprint density at radius 1 is 1.05 bits per heavy atom. The maximum Gasteiger partial charge on any atom is 0.329 e. The molecule has 2 unspecified atom stereocenters. The molecule has 4 nitrogen and oxygen atoms in total. The summed E-state index contributed by atoms with van der Waals surface area (Å²) in [5, 5.41) is -0.439. The summed E-state index contributed by atoms with van der Waals surface area (Å²) in [7, 11) is -7.14. The highest BCUT2D eigenvalue weighted by Gasteiger charge is 2.50. The highest BCUT2D eigenvalue weighted by atomic mass is 28.4. The van der Waals surface area contributed by atoms with Crippen LogP contribution < -0.4 is 0 Å². The van der Waals surface area contributed by atoms with E-state index in [0.29, 0.717) is 0 Å². The van der Waals surface area contributed by atoms with Crippen LogP contribution in [0.1, 0.15) is 27.2 Å². The van der Waals surface area contributed by atoms with Crippen LogP contribution in [0.25, 0.3) is 0 Å². The first-order chi connectivity index (χ1) is 8.15. The Morgan fingerprint density at radius 2 is 1.47 bits per heavy atom. The van der Waals surface area contributed by atoms with E-state index in [0.717, 1.165) is 6.42 Å². The van der Waals surface area contributed by atoms with Gasteiger partial charge in [-0.25, -0.2) is 0 Å². The smallest absolute Gasteiger partial charge is 0.329 e. The van der Waals surface area contributed by atoms with Crippen LogP contribution in [0.2, 0.25) is 39.3 Å². The molecule has 0 bridgehead atoms. The summed E-state index contributed by atoms with van der Waals surface area (Å²) in [6.45, 7) is 17.6. The van der Waals surface area contributed by atoms with Gasteiger partial charge in [-0.3, -0.25) is 0 Å². The summed E-state index contributed by atoms with van der Waals surface area (Å²) >= 11 is 0. The lowest BCUT2D eigenvalue weighted by molar-refractivity contribution is 0.0841. The van der Waals surface area contributed by atoms with Crippen molar-refractivity contribution in [1.82, 2.24) is 0 Å². The fraction of sp³-hybridized carbons (Fsp3) is 1.00. The van der Waals surface area contributed by atoms with Crippen molar-refractivity contribution in [3.05, 3.63) is 0 Å². The average Bonchev–Trinajstić information content (AvgIpc) is 2.12. The molecular weight excluding hydrogens is 292 g/mol. The monoisotopic (exact) mass is 324 g/mol. The Morgan fingerprint density at radius 3 is 1.74 bits per heavy atom. The standard InChI is InChI=1S/C12H32O4Si3/c1-10-12(3,16-19(8,9)14)18(6,7)15-11(2)17(4,5)13/h11,13-14H,10H2,1-9H3. The quantitative estimate of drug-likeness (QED) is 0.707. The lowest BCUT2D eigenvalue weighted by Gasteiger charge is -2.46. The molecule has 0 spiro atoms. The molecule has 0 aliphatic heterocycles. The first-order valence-corrected chi connectivity index (χ1v) is 15.8. The summed E-state index contributed by atoms with van der Waals surface area (Å²) in [5.74, 6) is 0. The molecule has 0 heterocycles. The summed E-state index contributed by atoms with van der Waals surface area (Å²) in [6, 6.07) is 0. The van der Waals surface area contributed by atoms with Gasteiger partial charge in [0.25, 0.3) is 0 Å². The molecule has 0 fully saturated rings. The molecule has 0 rings (SSSR count). The molecule has 2 atom stereocenters. The van der Waals surface area contributed by atoms with Crippen LogP contribution in [-0.4, -0.2) is 45.7 Å². The molecule has 0 aromatic rings. The Bertz CT molecular complexity index is 296. The van der Waals surface area contributed by atoms with Gasteiger partial charge in [0.1, 0.15) is 0 Å². The predicted molar refractivity (Wildman–Crippen MR) is 87.2 cm³/mol. The molecule has 0 amide bonds. The zero-order chi connectivity index (χ0) is 15.7. The minimum atomic E-state index is -2.62. The topological polar surface area (TPSA) is 58.9 Å². The number of rotatable bonds is 7. The first-order valence-electron chi connectivity index (χ1n) is 6.97. The maximum absolute atomic E-state index is 10.2. The van der Waals surface area contributed by atoms with Gasteiger partial charge < -0.3 is 18.4 Å². The SMILES string of the molecule is CCC(C)(O[Si](C)(C)O)[Si](C)(C)OC(C)[Si](C)(C)O. The van der Waals surface area contributed by atoms with Crippen LogP contribution in [0.3, 0.4) is 0 Å². The molecule has 0 saturated heterocycles. The first kappa shape index (κ1) is 19.5. The average molecular weight is 325 g/mol. The lowest BCUT2D eigenvalue weighted by Crippen LogP contribution is -2.63. The Hall–Kier alpha value is 0.491. The molecule has 0 radical (unpaired) electrons. The van der Waals surface area contributed by atoms with Crippen molar-refractivity contribution in [1.29, 1.82) is 0 Å². The van der Waals surface area contributed by atoms with E-state index in [1.54, 1.807) is 13.1 Å². The van der Waals surface area contributed by atoms with Gasteiger partial charge in [-0.2, -0.15) is 0 Å². The van der Waals surface area contributed by atoms with E-state index < -0.39 is 30.4 Å². The zero-order valence-electron chi connectivity index (χ0n) is 14.0. The van der Waals surface area contributed by atoms with Crippen molar-refractivity contribution < 1.29 is 18.4 Å². The van der Waals surface area contributed by atoms with Crippen LogP contribution in [0.5, 0.6) is 0 Å². The fourth-order valence-corrected chi connectivity index (χ4v) is 8.88. The van der Waals surface area contributed by atoms with Crippen molar-refractivity contribution in [3.63, 3.8) is 0 Å². The van der Waals surface area contributed by atoms with Crippen LogP contribution in [-0.2, 0) is 8.85 Å². The highest BCUT2D eigenvalue weighted by molar-refractivity contribution is 6.78. The molecule has 116 valence electrons. The van der Waals surface area contributed by atoms with E-state index in [1.807, 2.05) is 26.9 Å². The van der Waals surface area contributed by atoms with Crippen LogP contribution >= 0.6 is 0 Å². The normalized spacial score (nSPS) is 19.1. The molecule has 0 aliphatic rings. The van der Waals surface area contributed by atoms with Crippen LogP contribution in [0.15, 0.2) is 0 Å². The molecule has 0 aromatic carbocycles. The van der Waals surface area contributed by atoms with Crippen molar-refractivity contribution in [2.45, 2.75) is 77.4 Å². The Balaban J connectivity index is 5.13. The fourth-order valence-electron chi connectivity index (χ4n) is 1.88. The predicted octanol–water partition coefficient (Wildman–Crippen LogP) is 2.75. The minimum absolute atomic E-state index is 0.132. The second kappa shape index (κ2) is 6.08. The van der Waals surface area contributed by atoms with E-state index in [4.69, 9.17) is 8.85 Å². The Labute approximate surface area is 121 Å². The molecular formula is C12H32O4Si3. The number of hydrogen-bond acceptors (Lipinski definition) is 4. The van der Waals surface area contributed by atoms with E-state index in [-0.39, 0.29) is 5.73 Å². The van der Waals surface area contributed by atoms with E-state index in [1.165, 1.54) is 0 Å². The third-order valence-electron chi connectivity index (χ3n) is 3.89. The van der Waals surface area contributed by atoms with E-state index in [2.05, 4.69) is 20.0 Å². The van der Waals surface area contributed by atoms with Gasteiger partial charge in [0.2, 0.25) is 16.6 Å². The molecule has 2 N–H and O–H groups in total. The summed E-state index contributed by atoms with van der Waals surface area (Å²) in [6.07, 6.45) is 0.795. The lowest BCUT2D eigenvalue weighted by atomic mass is 10.3. The van der Waals surface area contributed by atoms with Gasteiger partial charge >= 0.3 is 8.56 Å². The van der Waals surface area contributed by atoms with Crippen LogP contribution in [0.4, 0.5) is 0 Å². The van der Waals surface area contributed by atoms with E-state index >= 15 is 0 Å². The third kappa shape index (κ3) is 5.78. The highest BCUT2D eigenvalue weighted by Crippen LogP contribution is 2.33. The third-order valence-corrected chi connectivity index (χ3v) is 11.3. The van der Waals surface area contributed by atoms with Crippen molar-refractivity contribution >= 4 is 25.2 Å². The number of hydrogen-bond donors (Lipinski definition) is 2. The summed E-state index contributed by atoms with van der Waals surface area (Å²) in [5.41, 5.74) is -0.132. The molecule has 0 aromatic heterocycles. The summed E-state index contributed by atoms with van der Waals surface area (Å²) in [4.78, 5) is 20.3.